The van der Waals surface area contributed by atoms with Crippen molar-refractivity contribution in [1.29, 1.82) is 0 Å². The van der Waals surface area contributed by atoms with Gasteiger partial charge in [-0.05, 0) is 31.4 Å². The van der Waals surface area contributed by atoms with Crippen LogP contribution in [0.2, 0.25) is 0 Å². The molecule has 3 aromatic rings. The van der Waals surface area contributed by atoms with E-state index in [0.717, 1.165) is 36.3 Å². The number of hydrogen-bond acceptors (Lipinski definition) is 5. The Labute approximate surface area is 128 Å². The van der Waals surface area contributed by atoms with E-state index in [1.54, 1.807) is 12.7 Å². The predicted octanol–water partition coefficient (Wildman–Crippen LogP) is 3.27. The number of imidazole rings is 1. The number of aromatic nitrogens is 4. The molecule has 1 aromatic carbocycles. The van der Waals surface area contributed by atoms with Crippen molar-refractivity contribution in [2.75, 3.05) is 11.9 Å². The minimum atomic E-state index is 0.0261. The van der Waals surface area contributed by atoms with E-state index in [1.807, 2.05) is 34.9 Å². The van der Waals surface area contributed by atoms with Gasteiger partial charge in [0.1, 0.15) is 12.6 Å². The fraction of sp³-hybridized carbons (Fsp3) is 0.312. The zero-order valence-electron chi connectivity index (χ0n) is 12.1. The van der Waals surface area contributed by atoms with Crippen LogP contribution in [0.5, 0.6) is 0 Å². The largest absolute Gasteiger partial charge is 0.358 e. The first kappa shape index (κ1) is 13.2. The number of nitrogens with one attached hydrogen (secondary N) is 1. The molecule has 1 atom stereocenters. The minimum absolute atomic E-state index is 0.0261. The number of benzene rings is 1. The summed E-state index contributed by atoms with van der Waals surface area (Å²) in [5, 5.41) is 3.30. The summed E-state index contributed by atoms with van der Waals surface area (Å²) in [6, 6.07) is 9.94. The van der Waals surface area contributed by atoms with Crippen LogP contribution < -0.4 is 5.32 Å². The number of anilines is 2. The van der Waals surface area contributed by atoms with Gasteiger partial charge in [-0.2, -0.15) is 0 Å². The lowest BCUT2D eigenvalue weighted by molar-refractivity contribution is -0.0298. The van der Waals surface area contributed by atoms with E-state index >= 15 is 0 Å². The van der Waals surface area contributed by atoms with Gasteiger partial charge in [0.15, 0.2) is 17.0 Å². The van der Waals surface area contributed by atoms with E-state index in [2.05, 4.69) is 20.3 Å². The molecule has 0 saturated carbocycles. The molecular formula is C16H17N5O. The smallest absolute Gasteiger partial charge is 0.167 e. The third-order valence-corrected chi connectivity index (χ3v) is 3.86. The fourth-order valence-electron chi connectivity index (χ4n) is 2.76. The van der Waals surface area contributed by atoms with Gasteiger partial charge in [0.05, 0.1) is 6.33 Å². The minimum Gasteiger partial charge on any atom is -0.358 e. The van der Waals surface area contributed by atoms with Crippen molar-refractivity contribution in [3.05, 3.63) is 43.0 Å². The lowest BCUT2D eigenvalue weighted by atomic mass is 10.2. The summed E-state index contributed by atoms with van der Waals surface area (Å²) in [7, 11) is 0. The standard InChI is InChI=1S/C16H17N5O/c1-2-6-12(7-3-1)20-15-14-16(18-10-17-15)21(11-19-14)13-8-4-5-9-22-13/h1-3,6-7,10-11,13H,4-5,8-9H2,(H,17,18,20). The molecule has 1 aliphatic heterocycles. The first-order valence-electron chi connectivity index (χ1n) is 7.53. The summed E-state index contributed by atoms with van der Waals surface area (Å²) in [4.78, 5) is 13.2. The van der Waals surface area contributed by atoms with Crippen LogP contribution >= 0.6 is 0 Å². The van der Waals surface area contributed by atoms with Gasteiger partial charge < -0.3 is 10.1 Å². The molecule has 3 heterocycles. The molecule has 1 aliphatic rings. The molecule has 0 bridgehead atoms. The maximum absolute atomic E-state index is 5.83. The third-order valence-electron chi connectivity index (χ3n) is 3.86. The molecule has 1 unspecified atom stereocenters. The Balaban J connectivity index is 1.70. The fourth-order valence-corrected chi connectivity index (χ4v) is 2.76. The van der Waals surface area contributed by atoms with E-state index in [9.17, 15) is 0 Å². The van der Waals surface area contributed by atoms with Crippen LogP contribution in [-0.2, 0) is 4.74 Å². The van der Waals surface area contributed by atoms with Gasteiger partial charge in [0, 0.05) is 12.3 Å². The second-order valence-corrected chi connectivity index (χ2v) is 5.36. The maximum Gasteiger partial charge on any atom is 0.167 e. The SMILES string of the molecule is c1ccc(Nc2ncnc3c2ncn3C2CCCCO2)cc1. The molecule has 2 aromatic heterocycles. The highest BCUT2D eigenvalue weighted by atomic mass is 16.5. The molecule has 1 saturated heterocycles. The van der Waals surface area contributed by atoms with Crippen LogP contribution in [0.25, 0.3) is 11.2 Å². The summed E-state index contributed by atoms with van der Waals surface area (Å²) in [6.45, 7) is 0.796. The molecule has 0 spiro atoms. The van der Waals surface area contributed by atoms with Gasteiger partial charge in [-0.1, -0.05) is 18.2 Å². The summed E-state index contributed by atoms with van der Waals surface area (Å²) in [5.41, 5.74) is 2.55. The molecule has 0 aliphatic carbocycles. The Morgan fingerprint density at radius 2 is 2.00 bits per heavy atom. The van der Waals surface area contributed by atoms with Crippen LogP contribution in [0.4, 0.5) is 11.5 Å². The van der Waals surface area contributed by atoms with Crippen molar-refractivity contribution in [2.24, 2.45) is 0 Å². The van der Waals surface area contributed by atoms with Gasteiger partial charge >= 0.3 is 0 Å². The number of nitrogens with zero attached hydrogens (tertiary/aromatic N) is 4. The summed E-state index contributed by atoms with van der Waals surface area (Å²) in [6.07, 6.45) is 6.68. The van der Waals surface area contributed by atoms with E-state index in [4.69, 9.17) is 4.74 Å². The normalized spacial score (nSPS) is 18.5. The highest BCUT2D eigenvalue weighted by molar-refractivity contribution is 5.85. The number of ether oxygens (including phenoxy) is 1. The van der Waals surface area contributed by atoms with Gasteiger partial charge in [-0.15, -0.1) is 0 Å². The zero-order valence-corrected chi connectivity index (χ0v) is 12.1. The average Bonchev–Trinajstić information content (AvgIpc) is 3.02. The van der Waals surface area contributed by atoms with Crippen LogP contribution in [0.1, 0.15) is 25.5 Å². The number of para-hydroxylation sites is 1. The third kappa shape index (κ3) is 2.42. The van der Waals surface area contributed by atoms with Crippen molar-refractivity contribution in [2.45, 2.75) is 25.5 Å². The Morgan fingerprint density at radius 1 is 1.09 bits per heavy atom. The Morgan fingerprint density at radius 3 is 2.82 bits per heavy atom. The molecule has 1 fully saturated rings. The van der Waals surface area contributed by atoms with Crippen molar-refractivity contribution in [3.63, 3.8) is 0 Å². The lowest BCUT2D eigenvalue weighted by Gasteiger charge is -2.23. The van der Waals surface area contributed by atoms with E-state index in [-0.39, 0.29) is 6.23 Å². The van der Waals surface area contributed by atoms with Crippen molar-refractivity contribution >= 4 is 22.7 Å². The maximum atomic E-state index is 5.83. The van der Waals surface area contributed by atoms with E-state index in [1.165, 1.54) is 6.42 Å². The first-order valence-corrected chi connectivity index (χ1v) is 7.53. The van der Waals surface area contributed by atoms with Crippen LogP contribution in [0.15, 0.2) is 43.0 Å². The number of fused-ring (bicyclic) bond motifs is 1. The molecule has 0 amide bonds. The van der Waals surface area contributed by atoms with Crippen LogP contribution in [-0.4, -0.2) is 26.1 Å². The highest BCUT2D eigenvalue weighted by Gasteiger charge is 2.20. The van der Waals surface area contributed by atoms with E-state index in [0.29, 0.717) is 5.82 Å². The molecule has 112 valence electrons. The summed E-state index contributed by atoms with van der Waals surface area (Å²) < 4.78 is 7.84. The molecular weight excluding hydrogens is 278 g/mol. The molecule has 22 heavy (non-hydrogen) atoms. The Hall–Kier alpha value is -2.47. The van der Waals surface area contributed by atoms with Crippen LogP contribution in [0.3, 0.4) is 0 Å². The zero-order chi connectivity index (χ0) is 14.8. The Bertz CT molecular complexity index is 765. The molecule has 6 nitrogen and oxygen atoms in total. The molecule has 6 heteroatoms. The summed E-state index contributed by atoms with van der Waals surface area (Å²) >= 11 is 0. The molecule has 4 rings (SSSR count). The average molecular weight is 295 g/mol. The van der Waals surface area contributed by atoms with Crippen molar-refractivity contribution in [3.8, 4) is 0 Å². The van der Waals surface area contributed by atoms with Crippen LogP contribution in [0, 0.1) is 0 Å². The van der Waals surface area contributed by atoms with Gasteiger partial charge in [0.2, 0.25) is 0 Å². The molecule has 1 N–H and O–H groups in total. The predicted molar refractivity (Wildman–Crippen MR) is 83.9 cm³/mol. The topological polar surface area (TPSA) is 64.9 Å². The van der Waals surface area contributed by atoms with E-state index < -0.39 is 0 Å². The highest BCUT2D eigenvalue weighted by Crippen LogP contribution is 2.28. The monoisotopic (exact) mass is 295 g/mol. The lowest BCUT2D eigenvalue weighted by Crippen LogP contribution is -2.17. The van der Waals surface area contributed by atoms with Crippen molar-refractivity contribution in [1.82, 2.24) is 19.5 Å². The summed E-state index contributed by atoms with van der Waals surface area (Å²) in [5.74, 6) is 0.714. The van der Waals surface area contributed by atoms with Crippen molar-refractivity contribution < 1.29 is 4.74 Å². The molecule has 0 radical (unpaired) electrons. The quantitative estimate of drug-likeness (QED) is 0.803. The second-order valence-electron chi connectivity index (χ2n) is 5.36. The number of rotatable bonds is 3. The second kappa shape index (κ2) is 5.73. The Kier molecular flexibility index (Phi) is 3.44. The first-order chi connectivity index (χ1) is 10.9. The van der Waals surface area contributed by atoms with Gasteiger partial charge in [-0.3, -0.25) is 4.57 Å². The van der Waals surface area contributed by atoms with Gasteiger partial charge in [0.25, 0.3) is 0 Å². The number of hydrogen-bond donors (Lipinski definition) is 1. The van der Waals surface area contributed by atoms with Gasteiger partial charge in [-0.25, -0.2) is 15.0 Å².